The van der Waals surface area contributed by atoms with Gasteiger partial charge >= 0.3 is 5.97 Å². The van der Waals surface area contributed by atoms with Crippen molar-refractivity contribution in [3.63, 3.8) is 0 Å². The summed E-state index contributed by atoms with van der Waals surface area (Å²) in [6.45, 7) is 11.6. The van der Waals surface area contributed by atoms with Crippen molar-refractivity contribution in [1.29, 1.82) is 0 Å². The standard InChI is InChI=1S/C15H30O4Si/c1-5-8-11-18-15(20-4,19-12-9-6-2)10-13-17-14(16)7-3/h7H,3,5-6,8-13,20H2,1-2,4H3. The molecule has 118 valence electrons. The fourth-order valence-electron chi connectivity index (χ4n) is 1.74. The van der Waals surface area contributed by atoms with Crippen LogP contribution in [0.3, 0.4) is 0 Å². The van der Waals surface area contributed by atoms with E-state index in [1.54, 1.807) is 0 Å². The van der Waals surface area contributed by atoms with E-state index >= 15 is 0 Å². The highest BCUT2D eigenvalue weighted by Crippen LogP contribution is 2.19. The predicted molar refractivity (Wildman–Crippen MR) is 84.6 cm³/mol. The lowest BCUT2D eigenvalue weighted by Gasteiger charge is -2.33. The molecular weight excluding hydrogens is 272 g/mol. The second kappa shape index (κ2) is 12.1. The molecule has 0 bridgehead atoms. The maximum Gasteiger partial charge on any atom is 0.330 e. The fourth-order valence-corrected chi connectivity index (χ4v) is 2.93. The highest BCUT2D eigenvalue weighted by molar-refractivity contribution is 6.37. The van der Waals surface area contributed by atoms with Gasteiger partial charge in [0.05, 0.1) is 16.1 Å². The number of carbonyl (C=O) groups excluding carboxylic acids is 1. The van der Waals surface area contributed by atoms with Gasteiger partial charge in [0.1, 0.15) is 5.41 Å². The molecule has 0 aliphatic carbocycles. The molecule has 0 atom stereocenters. The maximum absolute atomic E-state index is 11.1. The summed E-state index contributed by atoms with van der Waals surface area (Å²) in [5.41, 5.74) is -0.494. The Morgan fingerprint density at radius 1 is 1.15 bits per heavy atom. The van der Waals surface area contributed by atoms with E-state index in [2.05, 4.69) is 27.0 Å². The van der Waals surface area contributed by atoms with Crippen LogP contribution in [0.4, 0.5) is 0 Å². The van der Waals surface area contributed by atoms with Crippen LogP contribution in [0.1, 0.15) is 46.0 Å². The predicted octanol–water partition coefficient (Wildman–Crippen LogP) is 2.61. The molecule has 0 radical (unpaired) electrons. The Balaban J connectivity index is 4.37. The summed E-state index contributed by atoms with van der Waals surface area (Å²) in [6.07, 6.45) is 6.05. The first-order chi connectivity index (χ1) is 9.64. The minimum atomic E-state index is -0.548. The lowest BCUT2D eigenvalue weighted by Crippen LogP contribution is -2.43. The molecule has 0 aliphatic rings. The normalized spacial score (nSPS) is 11.9. The highest BCUT2D eigenvalue weighted by Gasteiger charge is 2.30. The molecule has 0 unspecified atom stereocenters. The van der Waals surface area contributed by atoms with Gasteiger partial charge < -0.3 is 14.2 Å². The third-order valence-corrected chi connectivity index (χ3v) is 5.00. The summed E-state index contributed by atoms with van der Waals surface area (Å²) in [5.74, 6) is -0.390. The zero-order valence-electron chi connectivity index (χ0n) is 13.3. The highest BCUT2D eigenvalue weighted by atomic mass is 28.2. The Morgan fingerprint density at radius 3 is 2.10 bits per heavy atom. The van der Waals surface area contributed by atoms with Gasteiger partial charge in [-0.15, -0.1) is 0 Å². The average molecular weight is 302 g/mol. The van der Waals surface area contributed by atoms with Crippen molar-refractivity contribution < 1.29 is 19.0 Å². The molecule has 0 saturated heterocycles. The third-order valence-electron chi connectivity index (χ3n) is 3.16. The van der Waals surface area contributed by atoms with E-state index in [1.807, 2.05) is 0 Å². The SMILES string of the molecule is C=CC(=O)OCCC(OCCCC)(OCCCC)[SiH2]C. The molecule has 0 aromatic heterocycles. The van der Waals surface area contributed by atoms with Crippen LogP contribution in [0.5, 0.6) is 0 Å². The minimum absolute atomic E-state index is 0.323. The molecule has 5 heteroatoms. The molecule has 0 aliphatic heterocycles. The smallest absolute Gasteiger partial charge is 0.330 e. The van der Waals surface area contributed by atoms with Crippen molar-refractivity contribution in [1.82, 2.24) is 0 Å². The van der Waals surface area contributed by atoms with Crippen LogP contribution < -0.4 is 0 Å². The average Bonchev–Trinajstić information content (AvgIpc) is 2.47. The Kier molecular flexibility index (Phi) is 11.7. The molecule has 0 spiro atoms. The molecule has 0 rings (SSSR count). The van der Waals surface area contributed by atoms with Crippen LogP contribution in [0.25, 0.3) is 0 Å². The van der Waals surface area contributed by atoms with E-state index in [4.69, 9.17) is 14.2 Å². The lowest BCUT2D eigenvalue weighted by molar-refractivity contribution is -0.192. The second-order valence-corrected chi connectivity index (χ2v) is 6.57. The van der Waals surface area contributed by atoms with Gasteiger partial charge in [0.25, 0.3) is 0 Å². The summed E-state index contributed by atoms with van der Waals surface area (Å²) >= 11 is 0. The molecule has 4 nitrogen and oxygen atoms in total. The fraction of sp³-hybridized carbons (Fsp3) is 0.800. The maximum atomic E-state index is 11.1. The summed E-state index contributed by atoms with van der Waals surface area (Å²) in [4.78, 5) is 11.1. The number of hydrogen-bond acceptors (Lipinski definition) is 4. The molecule has 0 aromatic rings. The molecule has 20 heavy (non-hydrogen) atoms. The topological polar surface area (TPSA) is 44.8 Å². The van der Waals surface area contributed by atoms with Gasteiger partial charge in [0, 0.05) is 25.7 Å². The quantitative estimate of drug-likeness (QED) is 0.172. The first-order valence-corrected chi connectivity index (χ1v) is 9.83. The van der Waals surface area contributed by atoms with E-state index in [0.717, 1.165) is 25.7 Å². The van der Waals surface area contributed by atoms with Crippen LogP contribution in [0.15, 0.2) is 12.7 Å². The largest absolute Gasteiger partial charge is 0.462 e. The van der Waals surface area contributed by atoms with Crippen LogP contribution in [0, 0.1) is 0 Å². The number of carbonyl (C=O) groups is 1. The molecule has 0 aromatic carbocycles. The van der Waals surface area contributed by atoms with Gasteiger partial charge in [-0.05, 0) is 12.8 Å². The van der Waals surface area contributed by atoms with E-state index in [1.165, 1.54) is 6.08 Å². The van der Waals surface area contributed by atoms with Crippen molar-refractivity contribution in [3.8, 4) is 0 Å². The van der Waals surface area contributed by atoms with Crippen molar-refractivity contribution in [2.45, 2.75) is 57.9 Å². The molecule has 0 amide bonds. The number of unbranched alkanes of at least 4 members (excludes halogenated alkanes) is 2. The molecule has 0 heterocycles. The van der Waals surface area contributed by atoms with E-state index < -0.39 is 20.9 Å². The minimum Gasteiger partial charge on any atom is -0.462 e. The molecule has 0 fully saturated rings. The zero-order chi connectivity index (χ0) is 15.3. The zero-order valence-corrected chi connectivity index (χ0v) is 14.7. The van der Waals surface area contributed by atoms with E-state index in [-0.39, 0.29) is 0 Å². The molecular formula is C15H30O4Si. The first kappa shape index (κ1) is 19.3. The number of rotatable bonds is 13. The van der Waals surface area contributed by atoms with E-state index in [9.17, 15) is 4.79 Å². The van der Waals surface area contributed by atoms with Crippen LogP contribution in [-0.4, -0.2) is 40.7 Å². The first-order valence-electron chi connectivity index (χ1n) is 7.71. The second-order valence-electron chi connectivity index (χ2n) is 4.79. The van der Waals surface area contributed by atoms with Crippen molar-refractivity contribution in [3.05, 3.63) is 12.7 Å². The van der Waals surface area contributed by atoms with E-state index in [0.29, 0.717) is 26.2 Å². The van der Waals surface area contributed by atoms with Gasteiger partial charge in [-0.2, -0.15) is 0 Å². The van der Waals surface area contributed by atoms with Crippen molar-refractivity contribution in [2.24, 2.45) is 0 Å². The Hall–Kier alpha value is -0.653. The van der Waals surface area contributed by atoms with Crippen molar-refractivity contribution >= 4 is 15.5 Å². The van der Waals surface area contributed by atoms with Crippen molar-refractivity contribution in [2.75, 3.05) is 19.8 Å². The van der Waals surface area contributed by atoms with Crippen LogP contribution >= 0.6 is 0 Å². The lowest BCUT2D eigenvalue weighted by atomic mass is 10.3. The van der Waals surface area contributed by atoms with Gasteiger partial charge in [0.2, 0.25) is 0 Å². The summed E-state index contributed by atoms with van der Waals surface area (Å²) < 4.78 is 17.1. The summed E-state index contributed by atoms with van der Waals surface area (Å²) in [5, 5.41) is 0. The van der Waals surface area contributed by atoms with Crippen LogP contribution in [-0.2, 0) is 19.0 Å². The third kappa shape index (κ3) is 8.50. The monoisotopic (exact) mass is 302 g/mol. The Morgan fingerprint density at radius 2 is 1.70 bits per heavy atom. The van der Waals surface area contributed by atoms with Gasteiger partial charge in [-0.1, -0.05) is 39.8 Å². The summed E-state index contributed by atoms with van der Waals surface area (Å²) in [7, 11) is -0.548. The van der Waals surface area contributed by atoms with Gasteiger partial charge in [-0.3, -0.25) is 0 Å². The Bertz CT molecular complexity index is 259. The molecule has 0 saturated carbocycles. The summed E-state index contributed by atoms with van der Waals surface area (Å²) in [6, 6.07) is 0. The number of esters is 1. The van der Waals surface area contributed by atoms with Gasteiger partial charge in [-0.25, -0.2) is 4.79 Å². The van der Waals surface area contributed by atoms with Gasteiger partial charge in [0.15, 0.2) is 0 Å². The number of ether oxygens (including phenoxy) is 3. The Labute approximate surface area is 125 Å². The van der Waals surface area contributed by atoms with Crippen LogP contribution in [0.2, 0.25) is 6.55 Å². The number of hydrogen-bond donors (Lipinski definition) is 0. The molecule has 0 N–H and O–H groups in total.